The van der Waals surface area contributed by atoms with Gasteiger partial charge in [-0.25, -0.2) is 4.98 Å². The molecule has 2 fully saturated rings. The first-order valence-corrected chi connectivity index (χ1v) is 5.81. The Balaban J connectivity index is 1.83. The zero-order valence-corrected chi connectivity index (χ0v) is 8.46. The number of carboxylic acid groups (broad SMARTS) is 1. The highest BCUT2D eigenvalue weighted by atomic mass is 32.1. The molecular weight excluding hydrogens is 198 g/mol. The van der Waals surface area contributed by atoms with E-state index in [-0.39, 0.29) is 11.8 Å². The van der Waals surface area contributed by atoms with E-state index in [4.69, 9.17) is 5.11 Å². The van der Waals surface area contributed by atoms with Crippen molar-refractivity contribution in [2.24, 2.45) is 5.92 Å². The molecule has 2 aliphatic carbocycles. The standard InChI is InChI=1S/C10H11NO2S/c12-10(13)7-3-6(7)9-8(5-1-2-5)11-4-14-9/h4-7H,1-3H2,(H,12,13). The SMILES string of the molecule is O=C(O)C1CC1c1scnc1C1CC1. The molecule has 2 aliphatic rings. The topological polar surface area (TPSA) is 50.2 Å². The van der Waals surface area contributed by atoms with Gasteiger partial charge >= 0.3 is 5.97 Å². The normalized spacial score (nSPS) is 30.3. The van der Waals surface area contributed by atoms with Gasteiger partial charge < -0.3 is 5.11 Å². The Morgan fingerprint density at radius 3 is 2.93 bits per heavy atom. The fourth-order valence-corrected chi connectivity index (χ4v) is 3.02. The van der Waals surface area contributed by atoms with Crippen molar-refractivity contribution in [1.82, 2.24) is 4.98 Å². The second kappa shape index (κ2) is 2.79. The maximum absolute atomic E-state index is 10.7. The van der Waals surface area contributed by atoms with E-state index in [9.17, 15) is 4.79 Å². The van der Waals surface area contributed by atoms with Crippen molar-refractivity contribution in [1.29, 1.82) is 0 Å². The van der Waals surface area contributed by atoms with Crippen LogP contribution in [0.15, 0.2) is 5.51 Å². The predicted molar refractivity (Wildman–Crippen MR) is 52.6 cm³/mol. The van der Waals surface area contributed by atoms with Gasteiger partial charge in [0.05, 0.1) is 17.1 Å². The van der Waals surface area contributed by atoms with Crippen molar-refractivity contribution >= 4 is 17.3 Å². The molecule has 3 nitrogen and oxygen atoms in total. The van der Waals surface area contributed by atoms with Crippen LogP contribution in [0.25, 0.3) is 0 Å². The molecular formula is C10H11NO2S. The van der Waals surface area contributed by atoms with Crippen molar-refractivity contribution < 1.29 is 9.90 Å². The highest BCUT2D eigenvalue weighted by Gasteiger charge is 2.47. The van der Waals surface area contributed by atoms with Gasteiger partial charge in [-0.05, 0) is 19.3 Å². The quantitative estimate of drug-likeness (QED) is 0.830. The number of hydrogen-bond acceptors (Lipinski definition) is 3. The molecule has 2 atom stereocenters. The summed E-state index contributed by atoms with van der Waals surface area (Å²) in [6, 6.07) is 0. The van der Waals surface area contributed by atoms with Gasteiger partial charge in [-0.1, -0.05) is 0 Å². The van der Waals surface area contributed by atoms with Crippen LogP contribution in [0.5, 0.6) is 0 Å². The summed E-state index contributed by atoms with van der Waals surface area (Å²) in [5.41, 5.74) is 3.06. The summed E-state index contributed by atoms with van der Waals surface area (Å²) < 4.78 is 0. The zero-order valence-electron chi connectivity index (χ0n) is 7.64. The van der Waals surface area contributed by atoms with E-state index in [1.807, 2.05) is 5.51 Å². The Morgan fingerprint density at radius 2 is 2.36 bits per heavy atom. The molecule has 1 aromatic heterocycles. The molecule has 0 saturated heterocycles. The molecule has 1 aromatic rings. The lowest BCUT2D eigenvalue weighted by Gasteiger charge is -1.97. The molecule has 3 rings (SSSR count). The molecule has 0 aromatic carbocycles. The van der Waals surface area contributed by atoms with Crippen LogP contribution in [0.1, 0.15) is 41.7 Å². The third-order valence-electron chi connectivity index (χ3n) is 3.03. The Hall–Kier alpha value is -0.900. The lowest BCUT2D eigenvalue weighted by atomic mass is 10.2. The summed E-state index contributed by atoms with van der Waals surface area (Å²) >= 11 is 1.64. The number of rotatable bonds is 3. The van der Waals surface area contributed by atoms with Gasteiger partial charge in [0, 0.05) is 16.7 Å². The lowest BCUT2D eigenvalue weighted by molar-refractivity contribution is -0.138. The Morgan fingerprint density at radius 1 is 1.57 bits per heavy atom. The maximum atomic E-state index is 10.7. The van der Waals surface area contributed by atoms with Gasteiger partial charge in [0.15, 0.2) is 0 Å². The molecule has 4 heteroatoms. The first-order chi connectivity index (χ1) is 6.77. The van der Waals surface area contributed by atoms with E-state index in [0.717, 1.165) is 6.42 Å². The molecule has 2 saturated carbocycles. The minimum absolute atomic E-state index is 0.132. The van der Waals surface area contributed by atoms with Crippen LogP contribution in [0.2, 0.25) is 0 Å². The van der Waals surface area contributed by atoms with Gasteiger partial charge in [0.25, 0.3) is 0 Å². The van der Waals surface area contributed by atoms with E-state index in [0.29, 0.717) is 5.92 Å². The Kier molecular flexibility index (Phi) is 1.68. The first kappa shape index (κ1) is 8.41. The number of carboxylic acids is 1. The van der Waals surface area contributed by atoms with Crippen LogP contribution in [0.4, 0.5) is 0 Å². The minimum Gasteiger partial charge on any atom is -0.481 e. The number of hydrogen-bond donors (Lipinski definition) is 1. The van der Waals surface area contributed by atoms with Crippen molar-refractivity contribution in [3.05, 3.63) is 16.1 Å². The average molecular weight is 209 g/mol. The Bertz CT molecular complexity index is 383. The molecule has 14 heavy (non-hydrogen) atoms. The van der Waals surface area contributed by atoms with Crippen molar-refractivity contribution in [2.75, 3.05) is 0 Å². The molecule has 1 heterocycles. The van der Waals surface area contributed by atoms with Gasteiger partial charge in [-0.2, -0.15) is 0 Å². The number of thiazole rings is 1. The van der Waals surface area contributed by atoms with E-state index < -0.39 is 5.97 Å². The third kappa shape index (κ3) is 1.25. The van der Waals surface area contributed by atoms with Gasteiger partial charge in [-0.3, -0.25) is 4.79 Å². The smallest absolute Gasteiger partial charge is 0.307 e. The average Bonchev–Trinajstić information content (AvgIpc) is 3.05. The van der Waals surface area contributed by atoms with E-state index in [1.54, 1.807) is 11.3 Å². The van der Waals surface area contributed by atoms with Gasteiger partial charge in [0.1, 0.15) is 0 Å². The van der Waals surface area contributed by atoms with Crippen LogP contribution in [-0.2, 0) is 4.79 Å². The highest BCUT2D eigenvalue weighted by molar-refractivity contribution is 7.09. The number of carbonyl (C=O) groups is 1. The molecule has 0 bridgehead atoms. The molecule has 1 N–H and O–H groups in total. The lowest BCUT2D eigenvalue weighted by Crippen LogP contribution is -1.99. The number of aromatic nitrogens is 1. The summed E-state index contributed by atoms with van der Waals surface area (Å²) in [5.74, 6) is 0.139. The molecule has 0 radical (unpaired) electrons. The van der Waals surface area contributed by atoms with Gasteiger partial charge in [-0.15, -0.1) is 11.3 Å². The molecule has 0 amide bonds. The van der Waals surface area contributed by atoms with Crippen molar-refractivity contribution in [2.45, 2.75) is 31.1 Å². The molecule has 74 valence electrons. The zero-order chi connectivity index (χ0) is 9.71. The van der Waals surface area contributed by atoms with Crippen LogP contribution < -0.4 is 0 Å². The summed E-state index contributed by atoms with van der Waals surface area (Å²) in [6.07, 6.45) is 3.29. The molecule has 0 aliphatic heterocycles. The summed E-state index contributed by atoms with van der Waals surface area (Å²) in [5, 5.41) is 8.85. The monoisotopic (exact) mass is 209 g/mol. The molecule has 2 unspecified atom stereocenters. The highest BCUT2D eigenvalue weighted by Crippen LogP contribution is 2.53. The number of nitrogens with zero attached hydrogens (tertiary/aromatic N) is 1. The molecule has 0 spiro atoms. The van der Waals surface area contributed by atoms with E-state index >= 15 is 0 Å². The third-order valence-corrected chi connectivity index (χ3v) is 4.01. The number of aliphatic carboxylic acids is 1. The minimum atomic E-state index is -0.648. The van der Waals surface area contributed by atoms with Crippen molar-refractivity contribution in [3.63, 3.8) is 0 Å². The maximum Gasteiger partial charge on any atom is 0.307 e. The predicted octanol–water partition coefficient (Wildman–Crippen LogP) is 2.21. The Labute approximate surface area is 85.8 Å². The van der Waals surface area contributed by atoms with Crippen LogP contribution in [0, 0.1) is 5.92 Å². The van der Waals surface area contributed by atoms with Crippen LogP contribution >= 0.6 is 11.3 Å². The second-order valence-corrected chi connectivity index (χ2v) is 5.05. The van der Waals surface area contributed by atoms with Gasteiger partial charge in [0.2, 0.25) is 0 Å². The fraction of sp³-hybridized carbons (Fsp3) is 0.600. The second-order valence-electron chi connectivity index (χ2n) is 4.16. The largest absolute Gasteiger partial charge is 0.481 e. The van der Waals surface area contributed by atoms with Crippen LogP contribution in [0.3, 0.4) is 0 Å². The van der Waals surface area contributed by atoms with Crippen molar-refractivity contribution in [3.8, 4) is 0 Å². The summed E-state index contributed by atoms with van der Waals surface area (Å²) in [4.78, 5) is 16.4. The van der Waals surface area contributed by atoms with Crippen LogP contribution in [-0.4, -0.2) is 16.1 Å². The first-order valence-electron chi connectivity index (χ1n) is 4.93. The summed E-state index contributed by atoms with van der Waals surface area (Å²) in [7, 11) is 0. The van der Waals surface area contributed by atoms with E-state index in [2.05, 4.69) is 4.98 Å². The summed E-state index contributed by atoms with van der Waals surface area (Å²) in [6.45, 7) is 0. The van der Waals surface area contributed by atoms with E-state index in [1.165, 1.54) is 23.4 Å². The fourth-order valence-electron chi connectivity index (χ4n) is 1.96.